The van der Waals surface area contributed by atoms with E-state index in [1.165, 1.54) is 0 Å². The second-order valence-electron chi connectivity index (χ2n) is 19.0. The Labute approximate surface area is 503 Å². The van der Waals surface area contributed by atoms with Crippen LogP contribution < -0.4 is 9.47 Å². The maximum atomic E-state index is 13.6. The molecule has 0 bridgehead atoms. The van der Waals surface area contributed by atoms with E-state index in [-0.39, 0.29) is 118 Å². The Balaban J connectivity index is 1.05. The van der Waals surface area contributed by atoms with Gasteiger partial charge in [-0.3, -0.25) is 43.6 Å². The van der Waals surface area contributed by atoms with Gasteiger partial charge in [0.05, 0.1) is 185 Å². The smallest absolute Gasteiger partial charge is 0.321 e. The monoisotopic (exact) mass is 1260 g/mol. The van der Waals surface area contributed by atoms with Crippen LogP contribution in [-0.4, -0.2) is 313 Å². The summed E-state index contributed by atoms with van der Waals surface area (Å²) in [7, 11) is 0. The van der Waals surface area contributed by atoms with Gasteiger partial charge in [0.15, 0.2) is 11.6 Å². The molecule has 0 amide bonds. The van der Waals surface area contributed by atoms with Crippen LogP contribution in [0.5, 0.6) is 11.5 Å². The Hall–Kier alpha value is -5.33. The summed E-state index contributed by atoms with van der Waals surface area (Å²) in [5, 5.41) is 38.8. The predicted molar refractivity (Wildman–Crippen MR) is 297 cm³/mol. The molecule has 4 N–H and O–H groups in total. The van der Waals surface area contributed by atoms with Crippen LogP contribution in [-0.2, 0) is 87.2 Å². The van der Waals surface area contributed by atoms with Crippen LogP contribution in [0.15, 0.2) is 30.3 Å². The van der Waals surface area contributed by atoms with Crippen molar-refractivity contribution in [2.24, 2.45) is 0 Å². The highest BCUT2D eigenvalue weighted by Crippen LogP contribution is 2.27. The highest BCUT2D eigenvalue weighted by atomic mass is 19.2. The average Bonchev–Trinajstić information content (AvgIpc) is 2.38. The number of benzene rings is 2. The lowest BCUT2D eigenvalue weighted by atomic mass is 10.0. The van der Waals surface area contributed by atoms with Gasteiger partial charge in [-0.25, -0.2) is 8.78 Å². The zero-order chi connectivity index (χ0) is 63.1. The third kappa shape index (κ3) is 38.0. The first-order chi connectivity index (χ1) is 42.1. The van der Waals surface area contributed by atoms with Crippen molar-refractivity contribution in [3.05, 3.63) is 59.2 Å². The van der Waals surface area contributed by atoms with Gasteiger partial charge in [0, 0.05) is 58.4 Å². The Bertz CT molecular complexity index is 2140. The van der Waals surface area contributed by atoms with Crippen molar-refractivity contribution in [2.75, 3.05) is 237 Å². The number of rotatable bonds is 51. The number of hydrogen-bond donors (Lipinski definition) is 4. The number of hydrogen-bond acceptors (Lipinski definition) is 23. The molecular weight excluding hydrogens is 1170 g/mol. The maximum Gasteiger partial charge on any atom is 0.321 e. The molecular formula is C56H86F4N4O23. The molecule has 1 heterocycles. The van der Waals surface area contributed by atoms with Gasteiger partial charge in [0.1, 0.15) is 18.4 Å². The first-order valence-electron chi connectivity index (χ1n) is 28.6. The molecule has 1 aliphatic heterocycles. The molecule has 31 heteroatoms. The molecule has 0 aliphatic carbocycles. The van der Waals surface area contributed by atoms with Crippen LogP contribution in [0, 0.1) is 23.3 Å². The highest BCUT2D eigenvalue weighted by molar-refractivity contribution is 5.74. The number of carbonyl (C=O) groups is 5. The van der Waals surface area contributed by atoms with E-state index in [0.717, 1.165) is 5.56 Å². The standard InChI is InChI=1S/C56H86F4N4O23/c57-46-40-47(58)54(60)55(53(46)59)87-52(71)5-14-74-15-16-75-17-18-76-19-20-77-21-22-78-23-24-79-25-26-80-27-28-81-29-30-82-31-32-83-33-34-84-35-36-85-37-38-86-45-3-1-44(2-4-45)39-48(56(72)73)64-12-10-62(42-50(67)68)8-6-61(41-49(65)66)7-9-63(11-13-64)43-51(69)70/h1-4,40,48H,5-39,41-43H2,(H,65,66)(H,67,68)(H,69,70)(H,72,73). The van der Waals surface area contributed by atoms with Gasteiger partial charge >= 0.3 is 29.8 Å². The number of carbonyl (C=O) groups excluding carboxylic acids is 1. The van der Waals surface area contributed by atoms with Crippen LogP contribution in [0.1, 0.15) is 12.0 Å². The lowest BCUT2D eigenvalue weighted by Crippen LogP contribution is -2.52. The third-order valence-corrected chi connectivity index (χ3v) is 12.4. The van der Waals surface area contributed by atoms with Gasteiger partial charge in [0.25, 0.3) is 0 Å². The van der Waals surface area contributed by atoms with E-state index in [1.54, 1.807) is 43.9 Å². The zero-order valence-electron chi connectivity index (χ0n) is 49.2. The molecule has 3 rings (SSSR count). The van der Waals surface area contributed by atoms with Gasteiger partial charge in [-0.05, 0) is 24.1 Å². The van der Waals surface area contributed by atoms with Crippen molar-refractivity contribution in [3.8, 4) is 11.5 Å². The summed E-state index contributed by atoms with van der Waals surface area (Å²) >= 11 is 0. The molecule has 496 valence electrons. The third-order valence-electron chi connectivity index (χ3n) is 12.4. The molecule has 1 aliphatic rings. The van der Waals surface area contributed by atoms with Crippen LogP contribution in [0.4, 0.5) is 17.6 Å². The van der Waals surface area contributed by atoms with Gasteiger partial charge in [-0.2, -0.15) is 8.78 Å². The van der Waals surface area contributed by atoms with Crippen LogP contribution in [0.2, 0.25) is 0 Å². The van der Waals surface area contributed by atoms with E-state index < -0.39 is 71.3 Å². The molecule has 0 aromatic heterocycles. The lowest BCUT2D eigenvalue weighted by Gasteiger charge is -2.35. The zero-order valence-corrected chi connectivity index (χ0v) is 49.2. The van der Waals surface area contributed by atoms with E-state index in [2.05, 4.69) is 4.74 Å². The quantitative estimate of drug-likeness (QED) is 0.0238. The summed E-state index contributed by atoms with van der Waals surface area (Å²) in [6, 6.07) is 6.02. The second-order valence-corrected chi connectivity index (χ2v) is 19.0. The molecule has 1 saturated heterocycles. The van der Waals surface area contributed by atoms with Crippen molar-refractivity contribution in [1.82, 2.24) is 19.6 Å². The minimum absolute atomic E-state index is 0.00980. The number of aliphatic carboxylic acids is 4. The van der Waals surface area contributed by atoms with Gasteiger partial charge in [-0.1, -0.05) is 12.1 Å². The first-order valence-corrected chi connectivity index (χ1v) is 28.6. The summed E-state index contributed by atoms with van der Waals surface area (Å²) in [6.07, 6.45) is -0.290. The molecule has 0 saturated carbocycles. The highest BCUT2D eigenvalue weighted by Gasteiger charge is 2.29. The molecule has 0 spiro atoms. The number of carboxylic acids is 4. The number of esters is 1. The normalized spacial score (nSPS) is 14.6. The minimum Gasteiger partial charge on any atom is -0.491 e. The Morgan fingerprint density at radius 1 is 0.402 bits per heavy atom. The minimum atomic E-state index is -1.81. The van der Waals surface area contributed by atoms with Crippen molar-refractivity contribution >= 4 is 29.8 Å². The van der Waals surface area contributed by atoms with E-state index in [1.807, 2.05) is 0 Å². The van der Waals surface area contributed by atoms with Crippen LogP contribution >= 0.6 is 0 Å². The topological polar surface area (TPSA) is 308 Å². The Morgan fingerprint density at radius 3 is 0.989 bits per heavy atom. The SMILES string of the molecule is O=C(O)CN1CCN(CC(=O)O)CCN(C(Cc2ccc(OCCOCCOCCOCCOCCOCCOCCOCCOCCOCCOCCOCCOCCC(=O)Oc3c(F)c(F)cc(F)c3F)cc2)C(=O)O)CCN(CC(=O)O)CC1. The van der Waals surface area contributed by atoms with E-state index in [9.17, 15) is 62.0 Å². The molecule has 27 nitrogen and oxygen atoms in total. The fourth-order valence-corrected chi connectivity index (χ4v) is 7.93. The van der Waals surface area contributed by atoms with Crippen molar-refractivity contribution < 1.29 is 128 Å². The summed E-state index contributed by atoms with van der Waals surface area (Å²) in [6.45, 7) is 9.15. The molecule has 1 atom stereocenters. The van der Waals surface area contributed by atoms with Gasteiger partial charge in [0.2, 0.25) is 17.4 Å². The lowest BCUT2D eigenvalue weighted by molar-refractivity contribution is -0.144. The number of carboxylic acid groups (broad SMARTS) is 4. The van der Waals surface area contributed by atoms with Crippen molar-refractivity contribution in [3.63, 3.8) is 0 Å². The fourth-order valence-electron chi connectivity index (χ4n) is 7.93. The molecule has 2 aromatic carbocycles. The Kier molecular flexibility index (Phi) is 42.4. The first kappa shape index (κ1) is 75.9. The maximum absolute atomic E-state index is 13.6. The predicted octanol–water partition coefficient (Wildman–Crippen LogP) is 1.29. The summed E-state index contributed by atoms with van der Waals surface area (Å²) in [4.78, 5) is 65.9. The van der Waals surface area contributed by atoms with E-state index in [0.29, 0.717) is 138 Å². The number of ether oxygens (including phenoxy) is 14. The summed E-state index contributed by atoms with van der Waals surface area (Å²) in [5.74, 6) is -13.3. The van der Waals surface area contributed by atoms with Crippen molar-refractivity contribution in [2.45, 2.75) is 18.9 Å². The average molecular weight is 1260 g/mol. The van der Waals surface area contributed by atoms with Gasteiger partial charge in [-0.15, -0.1) is 0 Å². The second kappa shape index (κ2) is 48.6. The summed E-state index contributed by atoms with van der Waals surface area (Å²) in [5.41, 5.74) is 0.722. The van der Waals surface area contributed by atoms with Crippen LogP contribution in [0.3, 0.4) is 0 Å². The largest absolute Gasteiger partial charge is 0.491 e. The fraction of sp³-hybridized carbons (Fsp3) is 0.696. The molecule has 1 unspecified atom stereocenters. The summed E-state index contributed by atoms with van der Waals surface area (Å²) < 4.78 is 129. The molecule has 2 aromatic rings. The Morgan fingerprint density at radius 2 is 0.690 bits per heavy atom. The van der Waals surface area contributed by atoms with Crippen molar-refractivity contribution in [1.29, 1.82) is 0 Å². The molecule has 1 fully saturated rings. The van der Waals surface area contributed by atoms with Crippen LogP contribution in [0.25, 0.3) is 0 Å². The number of nitrogens with zero attached hydrogens (tertiary/aromatic N) is 4. The number of halogens is 4. The van der Waals surface area contributed by atoms with Gasteiger partial charge < -0.3 is 86.7 Å². The van der Waals surface area contributed by atoms with E-state index >= 15 is 0 Å². The van der Waals surface area contributed by atoms with E-state index in [4.69, 9.17) is 61.6 Å². The molecule has 0 radical (unpaired) electrons. The molecule has 87 heavy (non-hydrogen) atoms.